The van der Waals surface area contributed by atoms with Crippen LogP contribution >= 0.6 is 11.6 Å². The Labute approximate surface area is 334 Å². The van der Waals surface area contributed by atoms with Crippen molar-refractivity contribution in [3.8, 4) is 5.69 Å². The molecule has 58 heavy (non-hydrogen) atoms. The molecule has 5 aromatic rings. The van der Waals surface area contributed by atoms with Crippen molar-refractivity contribution >= 4 is 50.1 Å². The predicted molar refractivity (Wildman–Crippen MR) is 203 cm³/mol. The second kappa shape index (κ2) is 16.8. The van der Waals surface area contributed by atoms with E-state index in [1.807, 2.05) is 29.0 Å². The van der Waals surface area contributed by atoms with Crippen molar-refractivity contribution in [2.75, 3.05) is 19.6 Å². The topological polar surface area (TPSA) is 122 Å². The van der Waals surface area contributed by atoms with E-state index in [2.05, 4.69) is 5.10 Å². The number of halogens is 7. The van der Waals surface area contributed by atoms with Crippen molar-refractivity contribution in [3.05, 3.63) is 124 Å². The molecule has 6 rings (SSSR count). The molecule has 1 aromatic heterocycles. The van der Waals surface area contributed by atoms with E-state index in [9.17, 15) is 49.1 Å². The van der Waals surface area contributed by atoms with Crippen LogP contribution < -0.4 is 4.72 Å². The second-order valence-electron chi connectivity index (χ2n) is 13.8. The minimum absolute atomic E-state index is 0.0111. The lowest BCUT2D eigenvalue weighted by atomic mass is 9.98. The molecule has 306 valence electrons. The normalized spacial score (nSPS) is 13.3. The van der Waals surface area contributed by atoms with E-state index in [-0.39, 0.29) is 45.5 Å². The van der Waals surface area contributed by atoms with E-state index < -0.39 is 84.6 Å². The highest BCUT2D eigenvalue weighted by molar-refractivity contribution is 7.90. The maximum absolute atomic E-state index is 14.4. The fourth-order valence-corrected chi connectivity index (χ4v) is 7.91. The molecule has 0 atom stereocenters. The molecule has 4 aromatic carbocycles. The van der Waals surface area contributed by atoms with Gasteiger partial charge < -0.3 is 9.80 Å². The number of nitrogens with one attached hydrogen (secondary N) is 1. The Morgan fingerprint density at radius 1 is 0.828 bits per heavy atom. The van der Waals surface area contributed by atoms with Gasteiger partial charge in [0.2, 0.25) is 0 Å². The van der Waals surface area contributed by atoms with Crippen molar-refractivity contribution in [1.82, 2.24) is 24.3 Å². The number of fused-ring (bicyclic) bond motifs is 2. The van der Waals surface area contributed by atoms with Gasteiger partial charge in [0.1, 0.15) is 0 Å². The Morgan fingerprint density at radius 2 is 1.45 bits per heavy atom. The number of benzene rings is 4. The molecule has 0 radical (unpaired) electrons. The summed E-state index contributed by atoms with van der Waals surface area (Å²) >= 11 is 6.58. The van der Waals surface area contributed by atoms with Gasteiger partial charge in [0.15, 0.2) is 5.69 Å². The molecule has 3 amide bonds. The minimum atomic E-state index is -4.57. The van der Waals surface area contributed by atoms with Crippen LogP contribution in [0.1, 0.15) is 73.7 Å². The van der Waals surface area contributed by atoms with Gasteiger partial charge in [-0.15, -0.1) is 0 Å². The number of nitrogens with zero attached hydrogens (tertiary/aromatic N) is 4. The van der Waals surface area contributed by atoms with Crippen molar-refractivity contribution < 1.29 is 49.1 Å². The zero-order valence-electron chi connectivity index (χ0n) is 30.8. The first-order valence-corrected chi connectivity index (χ1v) is 19.9. The molecular formula is C40H36ClF6N5O5S. The molecule has 2 heterocycles. The number of carbonyl (C=O) groups is 3. The highest BCUT2D eigenvalue weighted by atomic mass is 35.5. The van der Waals surface area contributed by atoms with Gasteiger partial charge in [-0.2, -0.15) is 31.4 Å². The van der Waals surface area contributed by atoms with E-state index in [0.717, 1.165) is 26.1 Å². The number of amides is 3. The Hall–Kier alpha value is -5.42. The van der Waals surface area contributed by atoms with E-state index in [4.69, 9.17) is 11.6 Å². The van der Waals surface area contributed by atoms with Crippen molar-refractivity contribution in [2.45, 2.75) is 62.8 Å². The molecule has 0 fully saturated rings. The number of alkyl halides is 6. The summed E-state index contributed by atoms with van der Waals surface area (Å²) in [7, 11) is -4.40. The first-order valence-electron chi connectivity index (χ1n) is 18.1. The van der Waals surface area contributed by atoms with Crippen LogP contribution in [-0.4, -0.2) is 77.7 Å². The van der Waals surface area contributed by atoms with Crippen LogP contribution in [0.15, 0.2) is 89.8 Å². The summed E-state index contributed by atoms with van der Waals surface area (Å²) < 4.78 is 108. The molecule has 1 N–H and O–H groups in total. The van der Waals surface area contributed by atoms with Crippen LogP contribution in [0.4, 0.5) is 26.3 Å². The molecule has 10 nitrogen and oxygen atoms in total. The molecular weight excluding hydrogens is 812 g/mol. The van der Waals surface area contributed by atoms with Crippen LogP contribution in [0.5, 0.6) is 0 Å². The molecule has 1 aliphatic rings. The zero-order chi connectivity index (χ0) is 42.0. The highest BCUT2D eigenvalue weighted by Gasteiger charge is 2.33. The summed E-state index contributed by atoms with van der Waals surface area (Å²) in [4.78, 5) is 43.9. The number of rotatable bonds is 12. The lowest BCUT2D eigenvalue weighted by molar-refractivity contribution is -0.136. The monoisotopic (exact) mass is 847 g/mol. The molecule has 0 aliphatic carbocycles. The minimum Gasteiger partial charge on any atom is -0.337 e. The third-order valence-electron chi connectivity index (χ3n) is 9.70. The molecule has 0 spiro atoms. The number of sulfonamides is 1. The van der Waals surface area contributed by atoms with Crippen molar-refractivity contribution in [1.29, 1.82) is 0 Å². The van der Waals surface area contributed by atoms with Crippen LogP contribution in [0.2, 0.25) is 5.02 Å². The van der Waals surface area contributed by atoms with Gasteiger partial charge in [0.05, 0.1) is 26.9 Å². The Balaban J connectivity index is 1.36. The quantitative estimate of drug-likeness (QED) is 0.126. The van der Waals surface area contributed by atoms with Gasteiger partial charge in [-0.25, -0.2) is 17.8 Å². The average molecular weight is 848 g/mol. The standard InChI is InChI=1S/C40H36ClF6N5O5S/c1-25-34(41)35(38(55)50(19-6-17-39(42,43)44)20-7-18-40(45,46)47)48-52(25)33-15-13-29(23-32(33)37(54)51-21-16-27-9-3-5-11-30(27)24-51)36(53)49-58(56,57)31-14-12-26-8-2-4-10-28(26)22-31/h2-5,8-15,22-23H,6-7,16-21,24H2,1H3,(H,49,53). The fraction of sp³-hybridized carbons (Fsp3) is 0.300. The maximum Gasteiger partial charge on any atom is 0.389 e. The van der Waals surface area contributed by atoms with Crippen molar-refractivity contribution in [3.63, 3.8) is 0 Å². The Morgan fingerprint density at radius 3 is 2.10 bits per heavy atom. The second-order valence-corrected chi connectivity index (χ2v) is 15.9. The summed E-state index contributed by atoms with van der Waals surface area (Å²) in [5, 5.41) is 5.45. The van der Waals surface area contributed by atoms with E-state index in [1.54, 1.807) is 30.3 Å². The SMILES string of the molecule is Cc1c(Cl)c(C(=O)N(CCCC(F)(F)F)CCCC(F)(F)F)nn1-c1ccc(C(=O)NS(=O)(=O)c2ccc3ccccc3c2)cc1C(=O)N1CCc2ccccc2C1. The van der Waals surface area contributed by atoms with E-state index in [0.29, 0.717) is 11.8 Å². The highest BCUT2D eigenvalue weighted by Crippen LogP contribution is 2.30. The first-order chi connectivity index (χ1) is 27.3. The summed E-state index contributed by atoms with van der Waals surface area (Å²) in [6.45, 7) is 0.824. The van der Waals surface area contributed by atoms with Crippen LogP contribution in [-0.2, 0) is 23.0 Å². The molecule has 1 aliphatic heterocycles. The lowest BCUT2D eigenvalue weighted by Crippen LogP contribution is -2.37. The van der Waals surface area contributed by atoms with Gasteiger partial charge in [0.25, 0.3) is 27.7 Å². The maximum atomic E-state index is 14.4. The van der Waals surface area contributed by atoms with Gasteiger partial charge in [-0.1, -0.05) is 66.2 Å². The smallest absolute Gasteiger partial charge is 0.337 e. The molecule has 0 saturated carbocycles. The van der Waals surface area contributed by atoms with Crippen LogP contribution in [0.25, 0.3) is 16.5 Å². The van der Waals surface area contributed by atoms with E-state index in [1.165, 1.54) is 42.2 Å². The Kier molecular flexibility index (Phi) is 12.2. The van der Waals surface area contributed by atoms with Gasteiger partial charge in [0, 0.05) is 44.6 Å². The number of aromatic nitrogens is 2. The third-order valence-corrected chi connectivity index (χ3v) is 11.5. The number of hydrogen-bond donors (Lipinski definition) is 1. The van der Waals surface area contributed by atoms with Gasteiger partial charge in [-0.3, -0.25) is 14.4 Å². The van der Waals surface area contributed by atoms with Gasteiger partial charge >= 0.3 is 12.4 Å². The van der Waals surface area contributed by atoms with Gasteiger partial charge in [-0.05, 0) is 78.4 Å². The first kappa shape index (κ1) is 42.2. The Bertz CT molecular complexity index is 2470. The van der Waals surface area contributed by atoms with E-state index >= 15 is 0 Å². The van der Waals surface area contributed by atoms with Crippen LogP contribution in [0.3, 0.4) is 0 Å². The molecule has 0 unspecified atom stereocenters. The average Bonchev–Trinajstić information content (AvgIpc) is 3.47. The number of carbonyl (C=O) groups excluding carboxylic acids is 3. The summed E-state index contributed by atoms with van der Waals surface area (Å²) in [5.41, 5.74) is 1.17. The largest absolute Gasteiger partial charge is 0.389 e. The van der Waals surface area contributed by atoms with Crippen LogP contribution in [0, 0.1) is 6.92 Å². The molecule has 18 heteroatoms. The zero-order valence-corrected chi connectivity index (χ0v) is 32.4. The summed E-state index contributed by atoms with van der Waals surface area (Å²) in [6, 6.07) is 22.6. The fourth-order valence-electron chi connectivity index (χ4n) is 6.71. The predicted octanol–water partition coefficient (Wildman–Crippen LogP) is 8.43. The molecule has 0 bridgehead atoms. The third kappa shape index (κ3) is 9.81. The number of hydrogen-bond acceptors (Lipinski definition) is 6. The summed E-state index contributed by atoms with van der Waals surface area (Å²) in [5.74, 6) is -2.67. The molecule has 0 saturated heterocycles. The lowest BCUT2D eigenvalue weighted by Gasteiger charge is -2.29. The summed E-state index contributed by atoms with van der Waals surface area (Å²) in [6.07, 6.45) is -12.4. The van der Waals surface area contributed by atoms with Crippen molar-refractivity contribution in [2.24, 2.45) is 0 Å².